The first-order valence-corrected chi connectivity index (χ1v) is 13.8. The zero-order valence-electron chi connectivity index (χ0n) is 22.5. The molecule has 0 radical (unpaired) electrons. The molecule has 0 unspecified atom stereocenters. The largest absolute Gasteiger partial charge is 0.495 e. The minimum Gasteiger partial charge on any atom is -0.495 e. The number of carbonyl (C=O) groups excluding carboxylic acids is 1. The number of hydrogen-bond acceptors (Lipinski definition) is 7. The lowest BCUT2D eigenvalue weighted by Crippen LogP contribution is -2.30. The van der Waals surface area contributed by atoms with Crippen LogP contribution < -0.4 is 19.5 Å². The van der Waals surface area contributed by atoms with E-state index in [2.05, 4.69) is 5.32 Å². The number of ether oxygens (including phenoxy) is 3. The predicted molar refractivity (Wildman–Crippen MR) is 151 cm³/mol. The minimum atomic E-state index is -3.74. The lowest BCUT2D eigenvalue weighted by Gasteiger charge is -2.20. The van der Waals surface area contributed by atoms with E-state index < -0.39 is 15.9 Å². The van der Waals surface area contributed by atoms with Crippen LogP contribution in [0.4, 0.5) is 5.69 Å². The van der Waals surface area contributed by atoms with E-state index in [9.17, 15) is 13.2 Å². The van der Waals surface area contributed by atoms with Gasteiger partial charge in [0.15, 0.2) is 11.5 Å². The van der Waals surface area contributed by atoms with Gasteiger partial charge in [0.1, 0.15) is 5.75 Å². The first kappa shape index (κ1) is 27.9. The van der Waals surface area contributed by atoms with Crippen LogP contribution in [0.1, 0.15) is 24.2 Å². The number of para-hydroxylation sites is 1. The molecule has 0 spiro atoms. The van der Waals surface area contributed by atoms with E-state index in [0.29, 0.717) is 52.5 Å². The predicted octanol–water partition coefficient (Wildman–Crippen LogP) is 5.21. The number of aromatic nitrogens is 1. The number of carbonyl (C=O) groups is 1. The fourth-order valence-corrected chi connectivity index (χ4v) is 5.84. The number of nitrogens with zero attached hydrogens (tertiary/aromatic N) is 2. The molecular weight excluding hydrogens is 518 g/mol. The van der Waals surface area contributed by atoms with Gasteiger partial charge < -0.3 is 19.5 Å². The van der Waals surface area contributed by atoms with Gasteiger partial charge in [0.2, 0.25) is 10.0 Å². The molecule has 204 valence electrons. The van der Waals surface area contributed by atoms with Gasteiger partial charge in [-0.2, -0.15) is 4.31 Å². The van der Waals surface area contributed by atoms with Crippen molar-refractivity contribution in [2.45, 2.75) is 18.7 Å². The molecule has 39 heavy (non-hydrogen) atoms. The van der Waals surface area contributed by atoms with E-state index in [1.807, 2.05) is 30.3 Å². The van der Waals surface area contributed by atoms with Gasteiger partial charge in [0.25, 0.3) is 5.91 Å². The van der Waals surface area contributed by atoms with Crippen molar-refractivity contribution in [1.29, 1.82) is 0 Å². The first-order chi connectivity index (χ1) is 18.8. The lowest BCUT2D eigenvalue weighted by atomic mass is 10.0. The maximum absolute atomic E-state index is 13.7. The smallest absolute Gasteiger partial charge is 0.256 e. The zero-order valence-corrected chi connectivity index (χ0v) is 23.3. The van der Waals surface area contributed by atoms with E-state index in [4.69, 9.17) is 19.2 Å². The van der Waals surface area contributed by atoms with Gasteiger partial charge >= 0.3 is 0 Å². The number of amides is 1. The number of anilines is 1. The molecule has 1 aromatic heterocycles. The van der Waals surface area contributed by atoms with Crippen LogP contribution in [-0.2, 0) is 10.0 Å². The fourth-order valence-electron chi connectivity index (χ4n) is 4.35. The van der Waals surface area contributed by atoms with E-state index in [0.717, 1.165) is 5.56 Å². The Kier molecular flexibility index (Phi) is 8.37. The average Bonchev–Trinajstić information content (AvgIpc) is 2.96. The van der Waals surface area contributed by atoms with Crippen molar-refractivity contribution in [1.82, 2.24) is 9.29 Å². The molecule has 3 aromatic carbocycles. The third-order valence-electron chi connectivity index (χ3n) is 6.40. The van der Waals surface area contributed by atoms with Crippen LogP contribution in [0.15, 0.2) is 71.6 Å². The number of methoxy groups -OCH3 is 3. The lowest BCUT2D eigenvalue weighted by molar-refractivity contribution is 0.102. The standard InChI is InChI=1S/C29H31N3O6S/c1-6-32(7-2)39(34,35)20-13-15-26(36-3)25(17-20)31-29(33)22-18-24(30-23-11-9-8-10-21(22)23)19-12-14-27(37-4)28(16-19)38-5/h8-18H,6-7H2,1-5H3,(H,31,33). The molecule has 0 fully saturated rings. The van der Waals surface area contributed by atoms with Crippen molar-refractivity contribution in [2.75, 3.05) is 39.7 Å². The van der Waals surface area contributed by atoms with E-state index in [-0.39, 0.29) is 10.6 Å². The summed E-state index contributed by atoms with van der Waals surface area (Å²) in [5.74, 6) is 1.00. The molecule has 0 saturated heterocycles. The second-order valence-corrected chi connectivity index (χ2v) is 10.5. The Morgan fingerprint density at radius 2 is 1.51 bits per heavy atom. The minimum absolute atomic E-state index is 0.0629. The fraction of sp³-hybridized carbons (Fsp3) is 0.241. The first-order valence-electron chi connectivity index (χ1n) is 12.4. The van der Waals surface area contributed by atoms with Crippen LogP contribution in [-0.4, -0.2) is 58.0 Å². The Morgan fingerprint density at radius 1 is 0.846 bits per heavy atom. The van der Waals surface area contributed by atoms with Crippen molar-refractivity contribution < 1.29 is 27.4 Å². The van der Waals surface area contributed by atoms with Gasteiger partial charge in [0, 0.05) is 24.0 Å². The third-order valence-corrected chi connectivity index (χ3v) is 8.45. The maximum Gasteiger partial charge on any atom is 0.256 e. The summed E-state index contributed by atoms with van der Waals surface area (Å²) in [6.07, 6.45) is 0. The molecule has 4 rings (SSSR count). The van der Waals surface area contributed by atoms with Gasteiger partial charge in [0.05, 0.1) is 48.7 Å². The third kappa shape index (κ3) is 5.52. The van der Waals surface area contributed by atoms with E-state index >= 15 is 0 Å². The van der Waals surface area contributed by atoms with Crippen molar-refractivity contribution in [3.05, 3.63) is 72.3 Å². The summed E-state index contributed by atoms with van der Waals surface area (Å²) in [6.45, 7) is 4.21. The molecule has 1 N–H and O–H groups in total. The topological polar surface area (TPSA) is 107 Å². The zero-order chi connectivity index (χ0) is 28.2. The highest BCUT2D eigenvalue weighted by Crippen LogP contribution is 2.34. The second kappa shape index (κ2) is 11.7. The molecule has 0 aliphatic rings. The molecule has 10 heteroatoms. The Hall–Kier alpha value is -4.15. The van der Waals surface area contributed by atoms with Crippen LogP contribution in [0.2, 0.25) is 0 Å². The van der Waals surface area contributed by atoms with E-state index in [1.165, 1.54) is 29.6 Å². The summed E-state index contributed by atoms with van der Waals surface area (Å²) in [4.78, 5) is 18.5. The second-order valence-electron chi connectivity index (χ2n) is 8.55. The number of sulfonamides is 1. The van der Waals surface area contributed by atoms with Crippen molar-refractivity contribution in [3.63, 3.8) is 0 Å². The van der Waals surface area contributed by atoms with Gasteiger partial charge in [-0.05, 0) is 48.5 Å². The molecule has 0 saturated carbocycles. The van der Waals surface area contributed by atoms with Crippen LogP contribution in [0.5, 0.6) is 17.2 Å². The SMILES string of the molecule is CCN(CC)S(=O)(=O)c1ccc(OC)c(NC(=O)c2cc(-c3ccc(OC)c(OC)c3)nc3ccccc23)c1. The van der Waals surface area contributed by atoms with Crippen molar-refractivity contribution in [3.8, 4) is 28.5 Å². The van der Waals surface area contributed by atoms with Crippen molar-refractivity contribution >= 4 is 32.5 Å². The molecular formula is C29H31N3O6S. The monoisotopic (exact) mass is 549 g/mol. The van der Waals surface area contributed by atoms with Crippen LogP contribution >= 0.6 is 0 Å². The number of benzene rings is 3. The number of nitrogens with one attached hydrogen (secondary N) is 1. The molecule has 1 heterocycles. The quantitative estimate of drug-likeness (QED) is 0.289. The Labute approximate surface area is 228 Å². The number of pyridine rings is 1. The highest BCUT2D eigenvalue weighted by molar-refractivity contribution is 7.89. The number of fused-ring (bicyclic) bond motifs is 1. The summed E-state index contributed by atoms with van der Waals surface area (Å²) in [5.41, 5.74) is 2.52. The molecule has 4 aromatic rings. The van der Waals surface area contributed by atoms with Gasteiger partial charge in [-0.1, -0.05) is 32.0 Å². The average molecular weight is 550 g/mol. The molecule has 1 amide bonds. The summed E-state index contributed by atoms with van der Waals surface area (Å²) in [7, 11) is 0.826. The highest BCUT2D eigenvalue weighted by Gasteiger charge is 2.24. The van der Waals surface area contributed by atoms with Gasteiger partial charge in [-0.15, -0.1) is 0 Å². The van der Waals surface area contributed by atoms with Gasteiger partial charge in [-0.25, -0.2) is 13.4 Å². The Bertz CT molecular complexity index is 1620. The Morgan fingerprint density at radius 3 is 2.18 bits per heavy atom. The van der Waals surface area contributed by atoms with Crippen LogP contribution in [0, 0.1) is 0 Å². The van der Waals surface area contributed by atoms with E-state index in [1.54, 1.807) is 46.3 Å². The van der Waals surface area contributed by atoms with Crippen LogP contribution in [0.3, 0.4) is 0 Å². The summed E-state index contributed by atoms with van der Waals surface area (Å²) in [5, 5.41) is 3.50. The number of rotatable bonds is 10. The normalized spacial score (nSPS) is 11.4. The van der Waals surface area contributed by atoms with Crippen LogP contribution in [0.25, 0.3) is 22.2 Å². The van der Waals surface area contributed by atoms with Gasteiger partial charge in [-0.3, -0.25) is 4.79 Å². The highest BCUT2D eigenvalue weighted by atomic mass is 32.2. The molecule has 0 bridgehead atoms. The maximum atomic E-state index is 13.7. The number of hydrogen-bond donors (Lipinski definition) is 1. The molecule has 0 aliphatic carbocycles. The van der Waals surface area contributed by atoms with Crippen molar-refractivity contribution in [2.24, 2.45) is 0 Å². The summed E-state index contributed by atoms with van der Waals surface area (Å²) < 4.78 is 43.8. The molecule has 9 nitrogen and oxygen atoms in total. The summed E-state index contributed by atoms with van der Waals surface area (Å²) >= 11 is 0. The molecule has 0 aliphatic heterocycles. The molecule has 0 atom stereocenters. The summed E-state index contributed by atoms with van der Waals surface area (Å²) in [6, 6.07) is 18.8. The Balaban J connectivity index is 1.79.